The van der Waals surface area contributed by atoms with Crippen LogP contribution in [0.4, 0.5) is 0 Å². The molecular weight excluding hydrogens is 100 g/mol. The Labute approximate surface area is 49.7 Å². The first-order valence-electron chi connectivity index (χ1n) is 2.99. The molecule has 1 aliphatic rings. The molecule has 0 unspecified atom stereocenters. The van der Waals surface area contributed by atoms with E-state index >= 15 is 0 Å². The van der Waals surface area contributed by atoms with Gasteiger partial charge in [0.2, 0.25) is 0 Å². The molecule has 0 aliphatic heterocycles. The predicted molar refractivity (Wildman–Crippen MR) is 32.2 cm³/mol. The summed E-state index contributed by atoms with van der Waals surface area (Å²) in [6.07, 6.45) is 7.99. The first-order valence-corrected chi connectivity index (χ1v) is 2.99. The molecule has 0 bridgehead atoms. The monoisotopic (exact) mass is 110 g/mol. The van der Waals surface area contributed by atoms with Gasteiger partial charge in [-0.2, -0.15) is 0 Å². The molecule has 0 aromatic heterocycles. The summed E-state index contributed by atoms with van der Waals surface area (Å²) in [5.41, 5.74) is 0. The summed E-state index contributed by atoms with van der Waals surface area (Å²) >= 11 is 0. The second-order valence-corrected chi connectivity index (χ2v) is 2.30. The molecule has 1 nitrogen and oxygen atoms in total. The zero-order valence-electron chi connectivity index (χ0n) is 4.80. The normalized spacial score (nSPS) is 23.5. The van der Waals surface area contributed by atoms with E-state index in [9.17, 15) is 0 Å². The fraction of sp³-hybridized carbons (Fsp3) is 0.714. The summed E-state index contributed by atoms with van der Waals surface area (Å²) in [4.78, 5) is 0. The molecule has 1 heteroatoms. The van der Waals surface area contributed by atoms with Gasteiger partial charge in [0.05, 0.1) is 0 Å². The largest absolute Gasteiger partial charge is 0.380 e. The quantitative estimate of drug-likeness (QED) is 0.494. The summed E-state index contributed by atoms with van der Waals surface area (Å²) in [6.45, 7) is 0. The van der Waals surface area contributed by atoms with E-state index in [-0.39, 0.29) is 0 Å². The van der Waals surface area contributed by atoms with Crippen LogP contribution in [0, 0.1) is 18.3 Å². The van der Waals surface area contributed by atoms with Gasteiger partial charge in [0.1, 0.15) is 6.10 Å². The number of hydrogen-bond acceptors (Lipinski definition) is 1. The van der Waals surface area contributed by atoms with Crippen LogP contribution >= 0.6 is 0 Å². The van der Waals surface area contributed by atoms with E-state index in [1.54, 1.807) is 0 Å². The van der Waals surface area contributed by atoms with Gasteiger partial charge in [-0.25, -0.2) is 0 Å². The van der Waals surface area contributed by atoms with Gasteiger partial charge in [0, 0.05) is 0 Å². The van der Waals surface area contributed by atoms with Crippen molar-refractivity contribution in [1.29, 1.82) is 0 Å². The molecule has 1 N–H and O–H groups in total. The molecule has 0 spiro atoms. The van der Waals surface area contributed by atoms with Crippen LogP contribution in [-0.2, 0) is 0 Å². The third-order valence-electron chi connectivity index (χ3n) is 1.77. The van der Waals surface area contributed by atoms with Gasteiger partial charge in [0.25, 0.3) is 0 Å². The highest BCUT2D eigenvalue weighted by Crippen LogP contribution is 2.28. The molecule has 1 atom stereocenters. The molecule has 1 fully saturated rings. The van der Waals surface area contributed by atoms with E-state index < -0.39 is 6.10 Å². The standard InChI is InChI=1S/C7H10O/c1-2-7(8)6-4-3-5-6/h1,6-8H,3-5H2/t7-/m0/s1. The Morgan fingerprint density at radius 1 is 1.62 bits per heavy atom. The number of terminal acetylenes is 1. The van der Waals surface area contributed by atoms with Gasteiger partial charge in [-0.1, -0.05) is 12.3 Å². The number of aliphatic hydroxyl groups excluding tert-OH is 1. The zero-order valence-corrected chi connectivity index (χ0v) is 4.80. The summed E-state index contributed by atoms with van der Waals surface area (Å²) in [5.74, 6) is 2.74. The third kappa shape index (κ3) is 0.850. The van der Waals surface area contributed by atoms with Gasteiger partial charge in [-0.15, -0.1) is 6.42 Å². The Kier molecular flexibility index (Phi) is 1.55. The van der Waals surface area contributed by atoms with Crippen LogP contribution in [0.25, 0.3) is 0 Å². The lowest BCUT2D eigenvalue weighted by molar-refractivity contribution is 0.108. The van der Waals surface area contributed by atoms with Crippen molar-refractivity contribution in [2.75, 3.05) is 0 Å². The number of hydrogen-bond donors (Lipinski definition) is 1. The van der Waals surface area contributed by atoms with Gasteiger partial charge in [-0.05, 0) is 18.8 Å². The van der Waals surface area contributed by atoms with E-state index in [1.165, 1.54) is 6.42 Å². The molecule has 0 aromatic carbocycles. The topological polar surface area (TPSA) is 20.2 Å². The summed E-state index contributed by atoms with van der Waals surface area (Å²) in [5, 5.41) is 8.94. The maximum atomic E-state index is 8.94. The van der Waals surface area contributed by atoms with Crippen molar-refractivity contribution in [1.82, 2.24) is 0 Å². The molecule has 0 radical (unpaired) electrons. The summed E-state index contributed by atoms with van der Waals surface area (Å²) in [7, 11) is 0. The fourth-order valence-corrected chi connectivity index (χ4v) is 0.892. The molecule has 1 aliphatic carbocycles. The first kappa shape index (κ1) is 5.65. The van der Waals surface area contributed by atoms with Crippen molar-refractivity contribution in [3.8, 4) is 12.3 Å². The highest BCUT2D eigenvalue weighted by Gasteiger charge is 2.23. The Hall–Kier alpha value is -0.480. The average Bonchev–Trinajstić information content (AvgIpc) is 1.62. The van der Waals surface area contributed by atoms with E-state index in [0.29, 0.717) is 5.92 Å². The van der Waals surface area contributed by atoms with E-state index in [2.05, 4.69) is 5.92 Å². The Bertz CT molecular complexity index is 108. The van der Waals surface area contributed by atoms with Crippen molar-refractivity contribution >= 4 is 0 Å². The van der Waals surface area contributed by atoms with Crippen LogP contribution in [-0.4, -0.2) is 11.2 Å². The van der Waals surface area contributed by atoms with Crippen LogP contribution in [0.1, 0.15) is 19.3 Å². The number of aliphatic hydroxyl groups is 1. The zero-order chi connectivity index (χ0) is 5.98. The van der Waals surface area contributed by atoms with Crippen molar-refractivity contribution in [2.45, 2.75) is 25.4 Å². The minimum Gasteiger partial charge on any atom is -0.380 e. The van der Waals surface area contributed by atoms with E-state index in [0.717, 1.165) is 12.8 Å². The summed E-state index contributed by atoms with van der Waals surface area (Å²) in [6, 6.07) is 0. The third-order valence-corrected chi connectivity index (χ3v) is 1.77. The Morgan fingerprint density at radius 2 is 2.25 bits per heavy atom. The van der Waals surface area contributed by atoms with Crippen LogP contribution < -0.4 is 0 Å². The van der Waals surface area contributed by atoms with Gasteiger partial charge in [0.15, 0.2) is 0 Å². The average molecular weight is 110 g/mol. The maximum Gasteiger partial charge on any atom is 0.117 e. The van der Waals surface area contributed by atoms with E-state index in [1.807, 2.05) is 0 Å². The second-order valence-electron chi connectivity index (χ2n) is 2.30. The van der Waals surface area contributed by atoms with Crippen molar-refractivity contribution in [2.24, 2.45) is 5.92 Å². The van der Waals surface area contributed by atoms with Crippen molar-refractivity contribution in [3.63, 3.8) is 0 Å². The second kappa shape index (κ2) is 2.19. The number of rotatable bonds is 1. The predicted octanol–water partition coefficient (Wildman–Crippen LogP) is 0.781. The lowest BCUT2D eigenvalue weighted by Gasteiger charge is -2.26. The minimum atomic E-state index is -0.469. The molecule has 0 aromatic rings. The molecule has 1 rings (SSSR count). The summed E-state index contributed by atoms with van der Waals surface area (Å²) < 4.78 is 0. The first-order chi connectivity index (χ1) is 3.84. The SMILES string of the molecule is C#C[C@H](O)C1CCC1. The van der Waals surface area contributed by atoms with Crippen molar-refractivity contribution < 1.29 is 5.11 Å². The van der Waals surface area contributed by atoms with Crippen LogP contribution in [0.5, 0.6) is 0 Å². The van der Waals surface area contributed by atoms with Gasteiger partial charge >= 0.3 is 0 Å². The molecule has 0 amide bonds. The molecule has 44 valence electrons. The van der Waals surface area contributed by atoms with Crippen LogP contribution in [0.3, 0.4) is 0 Å². The highest BCUT2D eigenvalue weighted by atomic mass is 16.3. The highest BCUT2D eigenvalue weighted by molar-refractivity contribution is 4.98. The lowest BCUT2D eigenvalue weighted by Crippen LogP contribution is -2.24. The van der Waals surface area contributed by atoms with Gasteiger partial charge < -0.3 is 5.11 Å². The van der Waals surface area contributed by atoms with Crippen LogP contribution in [0.2, 0.25) is 0 Å². The lowest BCUT2D eigenvalue weighted by atomic mass is 9.81. The minimum absolute atomic E-state index is 0.417. The van der Waals surface area contributed by atoms with E-state index in [4.69, 9.17) is 11.5 Å². The van der Waals surface area contributed by atoms with Crippen molar-refractivity contribution in [3.05, 3.63) is 0 Å². The molecular formula is C7H10O. The van der Waals surface area contributed by atoms with Gasteiger partial charge in [-0.3, -0.25) is 0 Å². The fourth-order valence-electron chi connectivity index (χ4n) is 0.892. The maximum absolute atomic E-state index is 8.94. The smallest absolute Gasteiger partial charge is 0.117 e. The Balaban J connectivity index is 2.26. The molecule has 8 heavy (non-hydrogen) atoms. The van der Waals surface area contributed by atoms with Crippen LogP contribution in [0.15, 0.2) is 0 Å². The molecule has 0 heterocycles. The molecule has 0 saturated heterocycles. The molecule has 1 saturated carbocycles. The Morgan fingerprint density at radius 3 is 2.38 bits per heavy atom.